The second kappa shape index (κ2) is 7.37. The standard InChI is InChI=1S/C15H23FO2/c1-4-9-18-14-10-12(16)7-8-13(14)15(17)11(5-2)6-3/h7-8,10-11,15,17H,4-6,9H2,1-3H3. The molecule has 3 heteroatoms. The first-order chi connectivity index (χ1) is 8.63. The van der Waals surface area contributed by atoms with Crippen LogP contribution < -0.4 is 4.74 Å². The Kier molecular flexibility index (Phi) is 6.13. The van der Waals surface area contributed by atoms with Crippen molar-refractivity contribution in [2.45, 2.75) is 46.1 Å². The third kappa shape index (κ3) is 3.70. The van der Waals surface area contributed by atoms with Gasteiger partial charge in [0.25, 0.3) is 0 Å². The first-order valence-corrected chi connectivity index (χ1v) is 6.74. The molecule has 0 aliphatic carbocycles. The highest BCUT2D eigenvalue weighted by Gasteiger charge is 2.21. The van der Waals surface area contributed by atoms with Gasteiger partial charge in [0.15, 0.2) is 0 Å². The molecule has 0 amide bonds. The fraction of sp³-hybridized carbons (Fsp3) is 0.600. The Bertz CT molecular complexity index is 362. The third-order valence-corrected chi connectivity index (χ3v) is 3.25. The van der Waals surface area contributed by atoms with Crippen LogP contribution in [-0.4, -0.2) is 11.7 Å². The van der Waals surface area contributed by atoms with Gasteiger partial charge in [0.05, 0.1) is 12.7 Å². The van der Waals surface area contributed by atoms with E-state index in [1.807, 2.05) is 20.8 Å². The average Bonchev–Trinajstić information content (AvgIpc) is 2.37. The number of hydrogen-bond acceptors (Lipinski definition) is 2. The topological polar surface area (TPSA) is 29.5 Å². The smallest absolute Gasteiger partial charge is 0.128 e. The highest BCUT2D eigenvalue weighted by atomic mass is 19.1. The monoisotopic (exact) mass is 254 g/mol. The maximum atomic E-state index is 13.2. The highest BCUT2D eigenvalue weighted by molar-refractivity contribution is 5.36. The molecule has 1 atom stereocenters. The van der Waals surface area contributed by atoms with Crippen molar-refractivity contribution in [3.05, 3.63) is 29.6 Å². The van der Waals surface area contributed by atoms with Crippen molar-refractivity contribution in [3.63, 3.8) is 0 Å². The first-order valence-electron chi connectivity index (χ1n) is 6.74. The Hall–Kier alpha value is -1.09. The zero-order valence-electron chi connectivity index (χ0n) is 11.4. The van der Waals surface area contributed by atoms with E-state index in [1.165, 1.54) is 12.1 Å². The van der Waals surface area contributed by atoms with Gasteiger partial charge in [-0.3, -0.25) is 0 Å². The van der Waals surface area contributed by atoms with Gasteiger partial charge >= 0.3 is 0 Å². The van der Waals surface area contributed by atoms with Gasteiger partial charge in [0.2, 0.25) is 0 Å². The molecule has 0 heterocycles. The lowest BCUT2D eigenvalue weighted by molar-refractivity contribution is 0.0993. The Morgan fingerprint density at radius 1 is 1.22 bits per heavy atom. The van der Waals surface area contributed by atoms with Crippen molar-refractivity contribution in [1.29, 1.82) is 0 Å². The van der Waals surface area contributed by atoms with Gasteiger partial charge in [0.1, 0.15) is 11.6 Å². The summed E-state index contributed by atoms with van der Waals surface area (Å²) in [6.07, 6.45) is 2.05. The summed E-state index contributed by atoms with van der Waals surface area (Å²) in [7, 11) is 0. The maximum absolute atomic E-state index is 13.2. The molecule has 0 spiro atoms. The van der Waals surface area contributed by atoms with Crippen molar-refractivity contribution in [2.24, 2.45) is 5.92 Å². The molecule has 1 unspecified atom stereocenters. The van der Waals surface area contributed by atoms with Gasteiger partial charge in [-0.1, -0.05) is 33.6 Å². The van der Waals surface area contributed by atoms with Crippen LogP contribution in [0.4, 0.5) is 4.39 Å². The van der Waals surface area contributed by atoms with E-state index in [4.69, 9.17) is 4.74 Å². The molecule has 1 N–H and O–H groups in total. The van der Waals surface area contributed by atoms with Gasteiger partial charge in [0, 0.05) is 11.6 Å². The molecule has 102 valence electrons. The van der Waals surface area contributed by atoms with Gasteiger partial charge in [-0.05, 0) is 24.5 Å². The van der Waals surface area contributed by atoms with E-state index >= 15 is 0 Å². The zero-order valence-corrected chi connectivity index (χ0v) is 11.4. The average molecular weight is 254 g/mol. The van der Waals surface area contributed by atoms with Gasteiger partial charge in [-0.2, -0.15) is 0 Å². The zero-order chi connectivity index (χ0) is 13.5. The van der Waals surface area contributed by atoms with Gasteiger partial charge < -0.3 is 9.84 Å². The minimum absolute atomic E-state index is 0.180. The number of aliphatic hydroxyl groups excluding tert-OH is 1. The van der Waals surface area contributed by atoms with E-state index in [0.29, 0.717) is 17.9 Å². The molecule has 1 rings (SSSR count). The second-order valence-corrected chi connectivity index (χ2v) is 4.55. The number of halogens is 1. The van der Waals surface area contributed by atoms with Crippen molar-refractivity contribution in [3.8, 4) is 5.75 Å². The molecule has 1 aromatic rings. The Morgan fingerprint density at radius 2 is 1.89 bits per heavy atom. The van der Waals surface area contributed by atoms with Crippen LogP contribution in [0.1, 0.15) is 51.7 Å². The summed E-state index contributed by atoms with van der Waals surface area (Å²) < 4.78 is 18.8. The number of aliphatic hydroxyl groups is 1. The molecule has 1 aromatic carbocycles. The van der Waals surface area contributed by atoms with Crippen LogP contribution in [0.5, 0.6) is 5.75 Å². The van der Waals surface area contributed by atoms with E-state index in [0.717, 1.165) is 19.3 Å². The fourth-order valence-electron chi connectivity index (χ4n) is 2.08. The molecule has 0 saturated carbocycles. The summed E-state index contributed by atoms with van der Waals surface area (Å²) >= 11 is 0. The lowest BCUT2D eigenvalue weighted by atomic mass is 9.91. The van der Waals surface area contributed by atoms with Crippen LogP contribution in [0.2, 0.25) is 0 Å². The molecular formula is C15H23FO2. The summed E-state index contributed by atoms with van der Waals surface area (Å²) in [4.78, 5) is 0. The summed E-state index contributed by atoms with van der Waals surface area (Å²) in [5, 5.41) is 10.3. The molecular weight excluding hydrogens is 231 g/mol. The number of hydrogen-bond donors (Lipinski definition) is 1. The van der Waals surface area contributed by atoms with Gasteiger partial charge in [-0.25, -0.2) is 4.39 Å². The van der Waals surface area contributed by atoms with E-state index in [1.54, 1.807) is 6.07 Å². The largest absolute Gasteiger partial charge is 0.493 e. The van der Waals surface area contributed by atoms with Crippen molar-refractivity contribution in [2.75, 3.05) is 6.61 Å². The molecule has 0 saturated heterocycles. The minimum atomic E-state index is -0.590. The lowest BCUT2D eigenvalue weighted by Crippen LogP contribution is -2.13. The summed E-state index contributed by atoms with van der Waals surface area (Å²) in [5.74, 6) is 0.317. The Labute approximate surface area is 109 Å². The van der Waals surface area contributed by atoms with Gasteiger partial charge in [-0.15, -0.1) is 0 Å². The van der Waals surface area contributed by atoms with Crippen molar-refractivity contribution < 1.29 is 14.2 Å². The Morgan fingerprint density at radius 3 is 2.44 bits per heavy atom. The normalized spacial score (nSPS) is 12.8. The maximum Gasteiger partial charge on any atom is 0.128 e. The van der Waals surface area contributed by atoms with Crippen LogP contribution in [0.15, 0.2) is 18.2 Å². The van der Waals surface area contributed by atoms with Crippen LogP contribution >= 0.6 is 0 Å². The predicted octanol–water partition coefficient (Wildman–Crippen LogP) is 4.08. The van der Waals surface area contributed by atoms with Crippen LogP contribution in [0, 0.1) is 11.7 Å². The van der Waals surface area contributed by atoms with Crippen LogP contribution in [0.25, 0.3) is 0 Å². The fourth-order valence-corrected chi connectivity index (χ4v) is 2.08. The number of ether oxygens (including phenoxy) is 1. The number of rotatable bonds is 7. The van der Waals surface area contributed by atoms with Crippen LogP contribution in [-0.2, 0) is 0 Å². The van der Waals surface area contributed by atoms with Crippen molar-refractivity contribution >= 4 is 0 Å². The quantitative estimate of drug-likeness (QED) is 0.794. The van der Waals surface area contributed by atoms with Crippen molar-refractivity contribution in [1.82, 2.24) is 0 Å². The summed E-state index contributed by atoms with van der Waals surface area (Å²) in [6, 6.07) is 4.36. The lowest BCUT2D eigenvalue weighted by Gasteiger charge is -2.22. The molecule has 0 fully saturated rings. The van der Waals surface area contributed by atoms with E-state index in [9.17, 15) is 9.50 Å². The molecule has 0 radical (unpaired) electrons. The third-order valence-electron chi connectivity index (χ3n) is 3.25. The Balaban J connectivity index is 2.98. The number of benzene rings is 1. The highest BCUT2D eigenvalue weighted by Crippen LogP contribution is 2.33. The van der Waals surface area contributed by atoms with E-state index in [2.05, 4.69) is 0 Å². The molecule has 0 bridgehead atoms. The van der Waals surface area contributed by atoms with E-state index in [-0.39, 0.29) is 11.7 Å². The minimum Gasteiger partial charge on any atom is -0.493 e. The molecule has 0 aromatic heterocycles. The van der Waals surface area contributed by atoms with Crippen LogP contribution in [0.3, 0.4) is 0 Å². The van der Waals surface area contributed by atoms with E-state index < -0.39 is 6.10 Å². The SMILES string of the molecule is CCCOc1cc(F)ccc1C(O)C(CC)CC. The summed E-state index contributed by atoms with van der Waals surface area (Å²) in [5.41, 5.74) is 0.693. The predicted molar refractivity (Wildman–Crippen MR) is 71.2 cm³/mol. The molecule has 2 nitrogen and oxygen atoms in total. The molecule has 0 aliphatic heterocycles. The summed E-state index contributed by atoms with van der Waals surface area (Å²) in [6.45, 7) is 6.63. The second-order valence-electron chi connectivity index (χ2n) is 4.55. The molecule has 18 heavy (non-hydrogen) atoms. The molecule has 0 aliphatic rings. The first kappa shape index (κ1) is 15.0.